The van der Waals surface area contributed by atoms with Gasteiger partial charge in [0.15, 0.2) is 0 Å². The van der Waals surface area contributed by atoms with Gasteiger partial charge in [-0.3, -0.25) is 4.79 Å². The number of ether oxygens (including phenoxy) is 2. The Balaban J connectivity index is 0.000000448. The van der Waals surface area contributed by atoms with Crippen LogP contribution in [0, 0.1) is 63.7 Å². The Morgan fingerprint density at radius 2 is 1.44 bits per heavy atom. The smallest absolute Gasteiger partial charge is 0.461 e. The van der Waals surface area contributed by atoms with Gasteiger partial charge in [-0.15, -0.1) is 0 Å². The average molecular weight is 378 g/mol. The molecule has 0 N–H and O–H groups in total. The third-order valence-electron chi connectivity index (χ3n) is 3.02. The Labute approximate surface area is 161 Å². The predicted octanol–water partition coefficient (Wildman–Crippen LogP) is 3.19. The van der Waals surface area contributed by atoms with Crippen molar-refractivity contribution in [3.8, 4) is 5.75 Å². The quantitative estimate of drug-likeness (QED) is 0.459. The molecule has 128 valence electrons. The molecule has 25 heavy (non-hydrogen) atoms. The van der Waals surface area contributed by atoms with Crippen LogP contribution in [0.1, 0.15) is 17.3 Å². The van der Waals surface area contributed by atoms with Crippen molar-refractivity contribution in [3.05, 3.63) is 93.5 Å². The minimum Gasteiger partial charge on any atom is -0.461 e. The van der Waals surface area contributed by atoms with Crippen LogP contribution in [0.4, 0.5) is 0 Å². The van der Waals surface area contributed by atoms with Crippen LogP contribution in [0.25, 0.3) is 0 Å². The summed E-state index contributed by atoms with van der Waals surface area (Å²) in [6, 6.07) is 6.49. The van der Waals surface area contributed by atoms with Gasteiger partial charge in [0.25, 0.3) is 0 Å². The number of carbonyl (C=O) groups excluding carboxylic acids is 2. The number of hydrogen-bond acceptors (Lipinski definition) is 4. The number of hydrogen-bond donors (Lipinski definition) is 0. The second-order valence-corrected chi connectivity index (χ2v) is 4.92. The van der Waals surface area contributed by atoms with Crippen LogP contribution in [-0.4, -0.2) is 18.5 Å². The molecule has 2 aliphatic carbocycles. The van der Waals surface area contributed by atoms with Crippen molar-refractivity contribution >= 4 is 11.9 Å². The summed E-state index contributed by atoms with van der Waals surface area (Å²) in [7, 11) is 0. The van der Waals surface area contributed by atoms with Crippen LogP contribution < -0.4 is 4.74 Å². The van der Waals surface area contributed by atoms with Crippen LogP contribution in [0.15, 0.2) is 24.3 Å². The van der Waals surface area contributed by atoms with E-state index >= 15 is 0 Å². The first-order valence-corrected chi connectivity index (χ1v) is 7.48. The maximum atomic E-state index is 11.9. The molecule has 0 bridgehead atoms. The zero-order valence-electron chi connectivity index (χ0n) is 13.7. The third-order valence-corrected chi connectivity index (χ3v) is 3.02. The fourth-order valence-electron chi connectivity index (χ4n) is 1.94. The van der Waals surface area contributed by atoms with Gasteiger partial charge in [0.05, 0.1) is 6.61 Å². The summed E-state index contributed by atoms with van der Waals surface area (Å²) in [5.74, 6) is 0.134. The third kappa shape index (κ3) is 8.06. The molecule has 5 heteroatoms. The van der Waals surface area contributed by atoms with Gasteiger partial charge in [0, 0.05) is 12.8 Å². The maximum Gasteiger partial charge on any atom is 2.00 e. The van der Waals surface area contributed by atoms with Crippen LogP contribution in [0.5, 0.6) is 5.75 Å². The van der Waals surface area contributed by atoms with Gasteiger partial charge in [-0.2, -0.15) is 0 Å². The SMILES string of the molecule is CC(=O)Oc1ccccc1C(=O)OC[C]1[CH][CH][CH][CH]1.[CH]1[CH][CH][CH][CH]1.[Fe+2]. The summed E-state index contributed by atoms with van der Waals surface area (Å²) in [6.45, 7) is 1.48. The molecule has 1 aromatic carbocycles. The number of carbonyl (C=O) groups is 2. The van der Waals surface area contributed by atoms with Gasteiger partial charge in [-0.25, -0.2) is 4.79 Å². The molecule has 2 aliphatic rings. The average Bonchev–Trinajstić information content (AvgIpc) is 3.28. The summed E-state index contributed by atoms with van der Waals surface area (Å²) in [6.07, 6.45) is 17.5. The van der Waals surface area contributed by atoms with Crippen molar-refractivity contribution < 1.29 is 36.1 Å². The molecule has 4 nitrogen and oxygen atoms in total. The molecule has 0 aromatic heterocycles. The molecular weight excluding hydrogens is 360 g/mol. The van der Waals surface area contributed by atoms with E-state index in [1.807, 2.05) is 57.8 Å². The van der Waals surface area contributed by atoms with Crippen molar-refractivity contribution in [2.24, 2.45) is 0 Å². The molecule has 0 aliphatic heterocycles. The Morgan fingerprint density at radius 1 is 0.880 bits per heavy atom. The number of rotatable bonds is 4. The van der Waals surface area contributed by atoms with Crippen molar-refractivity contribution in [2.75, 3.05) is 6.61 Å². The topological polar surface area (TPSA) is 52.6 Å². The molecule has 1 aromatic rings. The molecule has 2 fully saturated rings. The Bertz CT molecular complexity index is 527. The van der Waals surface area contributed by atoms with Crippen LogP contribution >= 0.6 is 0 Å². The van der Waals surface area contributed by atoms with Crippen LogP contribution in [0.2, 0.25) is 0 Å². The minimum absolute atomic E-state index is 0. The van der Waals surface area contributed by atoms with Gasteiger partial charge in [-0.05, 0) is 69.9 Å². The molecule has 0 amide bonds. The van der Waals surface area contributed by atoms with Gasteiger partial charge in [-0.1, -0.05) is 12.1 Å². The van der Waals surface area contributed by atoms with E-state index in [9.17, 15) is 9.59 Å². The van der Waals surface area contributed by atoms with Gasteiger partial charge in [0.2, 0.25) is 0 Å². The number of esters is 2. The zero-order chi connectivity index (χ0) is 17.2. The van der Waals surface area contributed by atoms with Gasteiger partial charge >= 0.3 is 29.0 Å². The normalized spacial score (nSPS) is 16.4. The summed E-state index contributed by atoms with van der Waals surface area (Å²) in [4.78, 5) is 22.9. The standard InChI is InChI=1S/C15H13O4.C5H5.Fe/c1-11(16)19-14-9-5-4-8-13(14)15(17)18-10-12-6-2-3-7-12;1-2-4-5-3-1;/h2-9H,10H2,1H3;1-5H;/q;;+2. The Kier molecular flexibility index (Phi) is 10.5. The largest absolute Gasteiger partial charge is 2.00 e. The monoisotopic (exact) mass is 378 g/mol. The van der Waals surface area contributed by atoms with E-state index in [0.717, 1.165) is 5.92 Å². The van der Waals surface area contributed by atoms with E-state index in [1.165, 1.54) is 6.92 Å². The summed E-state index contributed by atoms with van der Waals surface area (Å²) in [5, 5.41) is 0. The summed E-state index contributed by atoms with van der Waals surface area (Å²) < 4.78 is 10.1. The van der Waals surface area contributed by atoms with Crippen LogP contribution in [0.3, 0.4) is 0 Å². The first-order chi connectivity index (χ1) is 11.7. The van der Waals surface area contributed by atoms with E-state index in [4.69, 9.17) is 9.47 Å². The molecule has 0 atom stereocenters. The molecule has 10 radical (unpaired) electrons. The van der Waals surface area contributed by atoms with Crippen molar-refractivity contribution in [2.45, 2.75) is 6.92 Å². The Hall–Kier alpha value is -1.32. The first kappa shape index (κ1) is 21.7. The second-order valence-electron chi connectivity index (χ2n) is 4.92. The van der Waals surface area contributed by atoms with Crippen molar-refractivity contribution in [3.63, 3.8) is 0 Å². The minimum atomic E-state index is -0.516. The second kappa shape index (κ2) is 12.1. The molecule has 3 rings (SSSR count). The fourth-order valence-corrected chi connectivity index (χ4v) is 1.94. The van der Waals surface area contributed by atoms with Crippen LogP contribution in [-0.2, 0) is 26.6 Å². The van der Waals surface area contributed by atoms with E-state index < -0.39 is 11.9 Å². The van der Waals surface area contributed by atoms with Gasteiger partial charge in [0.1, 0.15) is 11.3 Å². The first-order valence-electron chi connectivity index (χ1n) is 7.48. The molecule has 2 saturated carbocycles. The van der Waals surface area contributed by atoms with E-state index in [-0.39, 0.29) is 35.0 Å². The fraction of sp³-hybridized carbons (Fsp3) is 0.100. The van der Waals surface area contributed by atoms with Crippen molar-refractivity contribution in [1.29, 1.82) is 0 Å². The maximum absolute atomic E-state index is 11.9. The van der Waals surface area contributed by atoms with Crippen molar-refractivity contribution in [1.82, 2.24) is 0 Å². The van der Waals surface area contributed by atoms with E-state index in [0.29, 0.717) is 0 Å². The molecule has 0 heterocycles. The predicted molar refractivity (Wildman–Crippen MR) is 90.0 cm³/mol. The van der Waals surface area contributed by atoms with Gasteiger partial charge < -0.3 is 9.47 Å². The molecule has 0 spiro atoms. The van der Waals surface area contributed by atoms with E-state index in [1.54, 1.807) is 24.3 Å². The number of para-hydroxylation sites is 1. The molecule has 0 unspecified atom stereocenters. The molecule has 0 saturated heterocycles. The zero-order valence-corrected chi connectivity index (χ0v) is 14.8. The number of benzene rings is 1. The summed E-state index contributed by atoms with van der Waals surface area (Å²) in [5.41, 5.74) is 0.240. The molecular formula is C20H18FeO4+2. The Morgan fingerprint density at radius 3 is 2.00 bits per heavy atom. The summed E-state index contributed by atoms with van der Waals surface area (Å²) >= 11 is 0. The van der Waals surface area contributed by atoms with E-state index in [2.05, 4.69) is 0 Å².